The summed E-state index contributed by atoms with van der Waals surface area (Å²) in [5, 5.41) is 0. The van der Waals surface area contributed by atoms with Crippen LogP contribution in [0, 0.1) is 11.8 Å². The number of nitrogens with zero attached hydrogens (tertiary/aromatic N) is 2. The van der Waals surface area contributed by atoms with Gasteiger partial charge in [0.15, 0.2) is 0 Å². The number of carbonyl (C=O) groups is 2. The molecular weight excluding hydrogens is 1730 g/mol. The minimum atomic E-state index is -0.332. The van der Waals surface area contributed by atoms with Crippen LogP contribution in [0.15, 0.2) is 79.4 Å². The number of hydrogen-bond acceptors (Lipinski definition) is 15. The molecule has 0 saturated carbocycles. The molecule has 0 aliphatic carbocycles. The van der Waals surface area contributed by atoms with Crippen molar-refractivity contribution >= 4 is 159 Å². The van der Waals surface area contributed by atoms with E-state index in [1.54, 1.807) is 56.7 Å². The summed E-state index contributed by atoms with van der Waals surface area (Å²) < 4.78 is 55.6. The fraction of sp³-hybridized carbons (Fsp3) is 0.735. The van der Waals surface area contributed by atoms with E-state index >= 15 is 9.59 Å². The number of carbonyl (C=O) groups excluding carboxylic acids is 2. The van der Waals surface area contributed by atoms with Gasteiger partial charge in [-0.1, -0.05) is 283 Å². The second-order valence-corrected chi connectivity index (χ2v) is 48.0. The SMILES string of the molecule is CC1(C)OB(c2ccc(-c3ccc(B4OC(C)(C)C(C)(C)O4)s3)s2)OC1(C)C.CC1(C)OB(c2ccc(B3OC(C)(C)C(C)(C)O3)s2)OC1(C)C.CCCCCCCCCCCCC(CCCCCCCCCC)CN1C(=O)C2=C(c3ccc(Br)s3)N(CC(CCCCCCCCCC)CCCCCCCCCCCC)C(=O)C2=C1c1ccc(Br)s1. The van der Waals surface area contributed by atoms with E-state index in [0.29, 0.717) is 36.1 Å². The number of halogens is 2. The van der Waals surface area contributed by atoms with Crippen LogP contribution in [0.25, 0.3) is 21.1 Å². The largest absolute Gasteiger partial charge is 0.505 e. The van der Waals surface area contributed by atoms with Crippen LogP contribution in [-0.4, -0.2) is 108 Å². The van der Waals surface area contributed by atoms with Crippen LogP contribution in [0.2, 0.25) is 0 Å². The van der Waals surface area contributed by atoms with Gasteiger partial charge in [-0.25, -0.2) is 0 Å². The first kappa shape index (κ1) is 103. The van der Waals surface area contributed by atoms with Gasteiger partial charge in [0.05, 0.1) is 84.7 Å². The molecule has 2 unspecified atom stereocenters. The van der Waals surface area contributed by atoms with Crippen molar-refractivity contribution in [2.45, 2.75) is 440 Å². The summed E-state index contributed by atoms with van der Waals surface area (Å²) in [6.07, 6.45) is 52.3. The van der Waals surface area contributed by atoms with Crippen molar-refractivity contribution in [1.82, 2.24) is 9.80 Å². The highest BCUT2D eigenvalue weighted by Gasteiger charge is 2.57. The van der Waals surface area contributed by atoms with Crippen LogP contribution in [-0.2, 0) is 46.8 Å². The molecule has 5 aromatic rings. The fourth-order valence-electron chi connectivity index (χ4n) is 17.0. The van der Waals surface area contributed by atoms with Crippen LogP contribution < -0.4 is 19.1 Å². The molecule has 0 radical (unpaired) electrons. The predicted octanol–water partition coefficient (Wildman–Crippen LogP) is 28.5. The quantitative estimate of drug-likeness (QED) is 0.0275. The number of unbranched alkanes of at least 4 members (excludes halogenated alkanes) is 32. The summed E-state index contributed by atoms with van der Waals surface area (Å²) >= 11 is 16.0. The third-order valence-electron chi connectivity index (χ3n) is 27.6. The summed E-state index contributed by atoms with van der Waals surface area (Å²) in [5.74, 6) is 0.921. The average Bonchev–Trinajstić information content (AvgIpc) is 1.55. The topological polar surface area (TPSA) is 114 Å². The molecule has 11 rings (SSSR count). The van der Waals surface area contributed by atoms with Gasteiger partial charge in [0.25, 0.3) is 11.8 Å². The molecule has 0 aromatic carbocycles. The molecule has 0 N–H and O–H groups in total. The molecule has 674 valence electrons. The highest BCUT2D eigenvalue weighted by molar-refractivity contribution is 9.11. The standard InChI is InChI=1S/C62H102Br2N2O2S2.C20H28B2O4S2.C16H26B2O4S/c1-5-9-13-17-21-25-27-31-35-39-43-51(41-37-33-29-23-19-15-11-7-3)49-65-59(53-45-47-55(63)69-53)57-58(61(65)67)60(54-46-48-56(64)70-54)66(62(57)68)50-52(42-38-34-30-24-20-16-12-8-4)44-40-36-32-28-26-22-18-14-10-6-2;1-17(2)18(3,4)24-21(23-17)15-11-9-13(27-15)14-10-12-16(28-14)22-25-19(5,6)20(7,8)26-22;1-13(2)14(3,4)20-17(19-13)11-9-10-12(23-11)18-21-15(5,6)16(7,8)22-18/h45-48,51-52H,5-44,49-50H2,1-4H3;9-12H,1-8H3;9-10H,1-8H3. The molecule has 23 heteroatoms. The van der Waals surface area contributed by atoms with Crippen molar-refractivity contribution in [3.8, 4) is 9.75 Å². The van der Waals surface area contributed by atoms with Gasteiger partial charge in [0.1, 0.15) is 0 Å². The van der Waals surface area contributed by atoms with Gasteiger partial charge in [-0.2, -0.15) is 11.3 Å². The Morgan fingerprint density at radius 3 is 0.686 bits per heavy atom. The van der Waals surface area contributed by atoms with Gasteiger partial charge < -0.3 is 47.0 Å². The molecule has 0 spiro atoms. The molecule has 12 nitrogen and oxygen atoms in total. The van der Waals surface area contributed by atoms with E-state index in [1.807, 2.05) is 12.1 Å². The van der Waals surface area contributed by atoms with Crippen LogP contribution >= 0.6 is 88.5 Å². The fourth-order valence-corrected chi connectivity index (χ4v) is 22.8. The highest BCUT2D eigenvalue weighted by atomic mass is 79.9. The second kappa shape index (κ2) is 48.1. The van der Waals surface area contributed by atoms with Crippen molar-refractivity contribution in [3.63, 3.8) is 0 Å². The molecule has 0 bridgehead atoms. The van der Waals surface area contributed by atoms with Crippen molar-refractivity contribution in [2.75, 3.05) is 13.1 Å². The maximum Gasteiger partial charge on any atom is 0.505 e. The smallest absolute Gasteiger partial charge is 0.399 e. The van der Waals surface area contributed by atoms with Gasteiger partial charge in [-0.3, -0.25) is 9.59 Å². The Hall–Kier alpha value is -2.18. The molecular formula is C98H156B4Br2N2O10S5. The van der Waals surface area contributed by atoms with Crippen LogP contribution in [0.5, 0.6) is 0 Å². The Balaban J connectivity index is 0.000000261. The second-order valence-electron chi connectivity index (χ2n) is 39.7. The number of thiophene rings is 5. The van der Waals surface area contributed by atoms with Crippen LogP contribution in [0.4, 0.5) is 0 Å². The maximum absolute atomic E-state index is 15.5. The first-order chi connectivity index (χ1) is 57.5. The molecule has 6 aliphatic heterocycles. The van der Waals surface area contributed by atoms with Gasteiger partial charge in [-0.05, 0) is 217 Å². The molecule has 4 fully saturated rings. The Bertz CT molecular complexity index is 3710. The highest BCUT2D eigenvalue weighted by Crippen LogP contribution is 2.51. The Labute approximate surface area is 773 Å². The number of amides is 2. The van der Waals surface area contributed by atoms with Gasteiger partial charge >= 0.3 is 28.5 Å². The third-order valence-corrected chi connectivity index (χ3v) is 34.4. The van der Waals surface area contributed by atoms with Crippen molar-refractivity contribution in [2.24, 2.45) is 11.8 Å². The molecule has 2 amide bonds. The zero-order valence-electron chi connectivity index (χ0n) is 78.7. The summed E-state index contributed by atoms with van der Waals surface area (Å²) in [4.78, 5) is 39.6. The van der Waals surface area contributed by atoms with E-state index in [9.17, 15) is 0 Å². The minimum absolute atomic E-state index is 0.0446. The number of hydrogen-bond donors (Lipinski definition) is 0. The van der Waals surface area contributed by atoms with E-state index in [0.717, 1.165) is 73.5 Å². The van der Waals surface area contributed by atoms with Gasteiger partial charge in [0, 0.05) is 41.9 Å². The van der Waals surface area contributed by atoms with E-state index in [1.165, 1.54) is 241 Å². The normalized spacial score (nSPS) is 19.6. The van der Waals surface area contributed by atoms with Crippen LogP contribution in [0.1, 0.15) is 405 Å². The lowest BCUT2D eigenvalue weighted by Crippen LogP contribution is -2.41. The van der Waals surface area contributed by atoms with Crippen molar-refractivity contribution in [1.29, 1.82) is 0 Å². The monoisotopic (exact) mass is 1880 g/mol. The Morgan fingerprint density at radius 2 is 0.471 bits per heavy atom. The molecule has 6 aliphatic rings. The number of fused-ring (bicyclic) bond motifs is 1. The maximum atomic E-state index is 15.5. The molecule has 5 aromatic heterocycles. The summed E-state index contributed by atoms with van der Waals surface area (Å²) in [6, 6.07) is 21.1. The van der Waals surface area contributed by atoms with Gasteiger partial charge in [-0.15, -0.1) is 45.3 Å². The van der Waals surface area contributed by atoms with E-state index in [-0.39, 0.29) is 85.1 Å². The lowest BCUT2D eigenvalue weighted by molar-refractivity contribution is -0.124. The Kier molecular flexibility index (Phi) is 40.8. The Morgan fingerprint density at radius 1 is 0.273 bits per heavy atom. The van der Waals surface area contributed by atoms with Crippen LogP contribution in [0.3, 0.4) is 0 Å². The molecule has 11 heterocycles. The molecule has 121 heavy (non-hydrogen) atoms. The third kappa shape index (κ3) is 28.7. The summed E-state index contributed by atoms with van der Waals surface area (Å²) in [6.45, 7) is 43.7. The van der Waals surface area contributed by atoms with Crippen molar-refractivity contribution in [3.05, 3.63) is 89.1 Å². The van der Waals surface area contributed by atoms with E-state index in [4.69, 9.17) is 37.2 Å². The first-order valence-electron chi connectivity index (χ1n) is 47.9. The number of rotatable bonds is 51. The van der Waals surface area contributed by atoms with Crippen molar-refractivity contribution < 1.29 is 46.8 Å². The summed E-state index contributed by atoms with van der Waals surface area (Å²) in [7, 11) is -1.29. The zero-order valence-corrected chi connectivity index (χ0v) is 86.0. The molecule has 4 saturated heterocycles. The molecule has 2 atom stereocenters. The minimum Gasteiger partial charge on any atom is -0.399 e. The average molecular weight is 1890 g/mol. The predicted molar refractivity (Wildman–Crippen MR) is 530 cm³/mol. The van der Waals surface area contributed by atoms with E-state index < -0.39 is 0 Å². The summed E-state index contributed by atoms with van der Waals surface area (Å²) in [5.41, 5.74) is 0.453. The lowest BCUT2D eigenvalue weighted by Gasteiger charge is -2.32. The van der Waals surface area contributed by atoms with E-state index in [2.05, 4.69) is 229 Å². The van der Waals surface area contributed by atoms with Gasteiger partial charge in [0.2, 0.25) is 0 Å². The zero-order chi connectivity index (χ0) is 87.8. The lowest BCUT2D eigenvalue weighted by atomic mass is 9.86. The first-order valence-corrected chi connectivity index (χ1v) is 53.5.